The van der Waals surface area contributed by atoms with Crippen LogP contribution in [0.4, 0.5) is 18.9 Å². The Balaban J connectivity index is 2.84. The minimum atomic E-state index is -1.13. The molecule has 18 heavy (non-hydrogen) atoms. The van der Waals surface area contributed by atoms with Gasteiger partial charge in [-0.2, -0.15) is 5.26 Å². The lowest BCUT2D eigenvalue weighted by atomic mass is 9.98. The van der Waals surface area contributed by atoms with Crippen LogP contribution < -0.4 is 5.73 Å². The second-order valence-corrected chi connectivity index (χ2v) is 3.60. The standard InChI is InChI=1S/C13H7F3N2/c14-9-4-2-1-3-8(9)11-7(6-17)5-10(15)13(18)12(11)16/h1-5H,18H2. The van der Waals surface area contributed by atoms with E-state index in [-0.39, 0.29) is 16.7 Å². The van der Waals surface area contributed by atoms with Crippen molar-refractivity contribution in [2.24, 2.45) is 0 Å². The molecule has 5 heteroatoms. The van der Waals surface area contributed by atoms with Crippen LogP contribution in [0.25, 0.3) is 11.1 Å². The molecule has 0 bridgehead atoms. The molecule has 0 aromatic heterocycles. The molecule has 0 amide bonds. The van der Waals surface area contributed by atoms with Gasteiger partial charge < -0.3 is 5.73 Å². The quantitative estimate of drug-likeness (QED) is 0.787. The number of nitrogens with zero attached hydrogens (tertiary/aromatic N) is 1. The van der Waals surface area contributed by atoms with Crippen LogP contribution in [0.15, 0.2) is 30.3 Å². The van der Waals surface area contributed by atoms with Crippen molar-refractivity contribution in [2.45, 2.75) is 0 Å². The van der Waals surface area contributed by atoms with Crippen LogP contribution in [0.5, 0.6) is 0 Å². The van der Waals surface area contributed by atoms with E-state index in [1.54, 1.807) is 6.07 Å². The number of benzene rings is 2. The predicted octanol–water partition coefficient (Wildman–Crippen LogP) is 3.22. The second kappa shape index (κ2) is 4.41. The Morgan fingerprint density at radius 3 is 2.33 bits per heavy atom. The van der Waals surface area contributed by atoms with Gasteiger partial charge in [-0.3, -0.25) is 0 Å². The van der Waals surface area contributed by atoms with Crippen LogP contribution >= 0.6 is 0 Å². The fraction of sp³-hybridized carbons (Fsp3) is 0. The number of nitrogen functional groups attached to an aromatic ring is 1. The van der Waals surface area contributed by atoms with Crippen molar-refractivity contribution in [1.82, 2.24) is 0 Å². The zero-order valence-corrected chi connectivity index (χ0v) is 9.05. The SMILES string of the molecule is N#Cc1cc(F)c(N)c(F)c1-c1ccccc1F. The number of halogens is 3. The summed E-state index contributed by atoms with van der Waals surface area (Å²) < 4.78 is 40.7. The number of hydrogen-bond acceptors (Lipinski definition) is 2. The summed E-state index contributed by atoms with van der Waals surface area (Å²) >= 11 is 0. The minimum absolute atomic E-state index is 0.127. The Morgan fingerprint density at radius 1 is 1.06 bits per heavy atom. The van der Waals surface area contributed by atoms with Crippen LogP contribution in [-0.4, -0.2) is 0 Å². The van der Waals surface area contributed by atoms with Gasteiger partial charge in [0.15, 0.2) is 5.82 Å². The molecule has 0 unspecified atom stereocenters. The summed E-state index contributed by atoms with van der Waals surface area (Å²) in [5, 5.41) is 8.86. The average molecular weight is 248 g/mol. The molecule has 0 aliphatic heterocycles. The molecule has 0 spiro atoms. The van der Waals surface area contributed by atoms with Crippen LogP contribution in [0, 0.1) is 28.8 Å². The molecule has 0 saturated carbocycles. The Hall–Kier alpha value is -2.48. The topological polar surface area (TPSA) is 49.8 Å². The first-order chi connectivity index (χ1) is 8.56. The summed E-state index contributed by atoms with van der Waals surface area (Å²) in [6, 6.07) is 7.75. The predicted molar refractivity (Wildman–Crippen MR) is 60.9 cm³/mol. The summed E-state index contributed by atoms with van der Waals surface area (Å²) in [7, 11) is 0. The summed E-state index contributed by atoms with van der Waals surface area (Å²) in [6.45, 7) is 0. The van der Waals surface area contributed by atoms with E-state index in [4.69, 9.17) is 11.0 Å². The van der Waals surface area contributed by atoms with E-state index in [0.29, 0.717) is 0 Å². The van der Waals surface area contributed by atoms with Crippen molar-refractivity contribution in [3.05, 3.63) is 53.3 Å². The molecule has 90 valence electrons. The Kier molecular flexibility index (Phi) is 2.94. The molecule has 0 aliphatic carbocycles. The molecule has 2 nitrogen and oxygen atoms in total. The lowest BCUT2D eigenvalue weighted by molar-refractivity contribution is 0.590. The smallest absolute Gasteiger partial charge is 0.158 e. The molecular weight excluding hydrogens is 241 g/mol. The van der Waals surface area contributed by atoms with Gasteiger partial charge in [0.1, 0.15) is 17.3 Å². The molecule has 2 aromatic rings. The van der Waals surface area contributed by atoms with E-state index in [9.17, 15) is 13.2 Å². The molecule has 2 N–H and O–H groups in total. The van der Waals surface area contributed by atoms with Crippen molar-refractivity contribution >= 4 is 5.69 Å². The highest BCUT2D eigenvalue weighted by Gasteiger charge is 2.20. The largest absolute Gasteiger partial charge is 0.394 e. The lowest BCUT2D eigenvalue weighted by Crippen LogP contribution is -2.01. The summed E-state index contributed by atoms with van der Waals surface area (Å²) in [4.78, 5) is 0. The zero-order valence-electron chi connectivity index (χ0n) is 9.05. The Bertz CT molecular complexity index is 660. The maximum absolute atomic E-state index is 13.9. The van der Waals surface area contributed by atoms with Gasteiger partial charge in [-0.25, -0.2) is 13.2 Å². The van der Waals surface area contributed by atoms with E-state index in [1.165, 1.54) is 18.2 Å². The maximum atomic E-state index is 13.9. The molecular formula is C13H7F3N2. The number of rotatable bonds is 1. The molecule has 2 rings (SSSR count). The summed E-state index contributed by atoms with van der Waals surface area (Å²) in [5.41, 5.74) is 3.73. The van der Waals surface area contributed by atoms with Crippen molar-refractivity contribution in [3.8, 4) is 17.2 Å². The van der Waals surface area contributed by atoms with E-state index >= 15 is 0 Å². The Morgan fingerprint density at radius 2 is 1.72 bits per heavy atom. The van der Waals surface area contributed by atoms with Gasteiger partial charge in [-0.15, -0.1) is 0 Å². The van der Waals surface area contributed by atoms with Crippen molar-refractivity contribution < 1.29 is 13.2 Å². The molecule has 0 saturated heterocycles. The number of nitrogens with two attached hydrogens (primary N) is 1. The third-order valence-corrected chi connectivity index (χ3v) is 2.52. The highest BCUT2D eigenvalue weighted by Crippen LogP contribution is 2.33. The zero-order chi connectivity index (χ0) is 13.3. The van der Waals surface area contributed by atoms with Gasteiger partial charge >= 0.3 is 0 Å². The van der Waals surface area contributed by atoms with Crippen LogP contribution in [0.3, 0.4) is 0 Å². The fourth-order valence-corrected chi connectivity index (χ4v) is 1.65. The van der Waals surface area contributed by atoms with Crippen molar-refractivity contribution in [3.63, 3.8) is 0 Å². The van der Waals surface area contributed by atoms with E-state index in [0.717, 1.165) is 12.1 Å². The third-order valence-electron chi connectivity index (χ3n) is 2.52. The van der Waals surface area contributed by atoms with E-state index < -0.39 is 23.1 Å². The number of hydrogen-bond donors (Lipinski definition) is 1. The fourth-order valence-electron chi connectivity index (χ4n) is 1.65. The molecule has 2 aromatic carbocycles. The van der Waals surface area contributed by atoms with Crippen LogP contribution in [0.2, 0.25) is 0 Å². The number of nitriles is 1. The first kappa shape index (κ1) is 12.0. The Labute approximate surface area is 101 Å². The lowest BCUT2D eigenvalue weighted by Gasteiger charge is -2.09. The van der Waals surface area contributed by atoms with Crippen molar-refractivity contribution in [2.75, 3.05) is 5.73 Å². The van der Waals surface area contributed by atoms with Gasteiger partial charge in [-0.05, 0) is 12.1 Å². The molecule has 0 heterocycles. The molecule has 0 radical (unpaired) electrons. The second-order valence-electron chi connectivity index (χ2n) is 3.60. The van der Waals surface area contributed by atoms with Gasteiger partial charge in [0, 0.05) is 11.1 Å². The van der Waals surface area contributed by atoms with Crippen molar-refractivity contribution in [1.29, 1.82) is 5.26 Å². The summed E-state index contributed by atoms with van der Waals surface area (Å²) in [5.74, 6) is -2.88. The first-order valence-electron chi connectivity index (χ1n) is 4.98. The van der Waals surface area contributed by atoms with Crippen LogP contribution in [-0.2, 0) is 0 Å². The summed E-state index contributed by atoms with van der Waals surface area (Å²) in [6.07, 6.45) is 0. The molecule has 0 aliphatic rings. The molecule has 0 fully saturated rings. The first-order valence-corrected chi connectivity index (χ1v) is 4.98. The van der Waals surface area contributed by atoms with Gasteiger partial charge in [0.25, 0.3) is 0 Å². The maximum Gasteiger partial charge on any atom is 0.158 e. The van der Waals surface area contributed by atoms with Gasteiger partial charge in [0.2, 0.25) is 0 Å². The normalized spacial score (nSPS) is 10.1. The minimum Gasteiger partial charge on any atom is -0.394 e. The monoisotopic (exact) mass is 248 g/mol. The van der Waals surface area contributed by atoms with Gasteiger partial charge in [0.05, 0.1) is 11.6 Å². The van der Waals surface area contributed by atoms with E-state index in [1.807, 2.05) is 0 Å². The van der Waals surface area contributed by atoms with Gasteiger partial charge in [-0.1, -0.05) is 18.2 Å². The highest BCUT2D eigenvalue weighted by molar-refractivity contribution is 5.75. The number of anilines is 1. The molecule has 0 atom stereocenters. The third kappa shape index (κ3) is 1.78. The average Bonchev–Trinajstić information content (AvgIpc) is 2.37. The van der Waals surface area contributed by atoms with Crippen LogP contribution in [0.1, 0.15) is 5.56 Å². The highest BCUT2D eigenvalue weighted by atomic mass is 19.1. The van der Waals surface area contributed by atoms with E-state index in [2.05, 4.69) is 0 Å².